The van der Waals surface area contributed by atoms with E-state index in [4.69, 9.17) is 0 Å². The highest BCUT2D eigenvalue weighted by atomic mass is 32.2. The number of aryl methyl sites for hydroxylation is 1. The van der Waals surface area contributed by atoms with Gasteiger partial charge in [0.25, 0.3) is 0 Å². The molecule has 0 atom stereocenters. The van der Waals surface area contributed by atoms with Gasteiger partial charge in [0, 0.05) is 13.6 Å². The standard InChI is InChI=1S/C14H22N2O2S/c1-12-3-5-13(6-4-12)11-16(2)19(17,18)14-7-9-15-10-8-14/h3-6,14-15H,7-11H2,1-2H3. The summed E-state index contributed by atoms with van der Waals surface area (Å²) >= 11 is 0. The molecule has 2 rings (SSSR count). The fourth-order valence-corrected chi connectivity index (χ4v) is 4.06. The summed E-state index contributed by atoms with van der Waals surface area (Å²) in [7, 11) is -1.50. The summed E-state index contributed by atoms with van der Waals surface area (Å²) in [5, 5.41) is 2.97. The van der Waals surface area contributed by atoms with Gasteiger partial charge in [0.15, 0.2) is 0 Å². The molecule has 1 aromatic carbocycles. The van der Waals surface area contributed by atoms with Crippen molar-refractivity contribution in [2.45, 2.75) is 31.6 Å². The molecule has 1 aliphatic rings. The molecule has 0 unspecified atom stereocenters. The molecule has 0 radical (unpaired) electrons. The van der Waals surface area contributed by atoms with E-state index in [9.17, 15) is 8.42 Å². The molecule has 1 heterocycles. The number of nitrogens with zero attached hydrogens (tertiary/aromatic N) is 1. The first-order valence-electron chi connectivity index (χ1n) is 6.71. The first kappa shape index (κ1) is 14.5. The topological polar surface area (TPSA) is 49.4 Å². The first-order valence-corrected chi connectivity index (χ1v) is 8.22. The molecule has 0 amide bonds. The van der Waals surface area contributed by atoms with Crippen LogP contribution in [0.25, 0.3) is 0 Å². The van der Waals surface area contributed by atoms with Crippen LogP contribution in [0.2, 0.25) is 0 Å². The summed E-state index contributed by atoms with van der Waals surface area (Å²) in [4.78, 5) is 0. The number of hydrogen-bond donors (Lipinski definition) is 1. The zero-order valence-electron chi connectivity index (χ0n) is 11.6. The highest BCUT2D eigenvalue weighted by molar-refractivity contribution is 7.89. The van der Waals surface area contributed by atoms with Gasteiger partial charge in [-0.1, -0.05) is 29.8 Å². The minimum absolute atomic E-state index is 0.232. The number of nitrogens with one attached hydrogen (secondary N) is 1. The number of benzene rings is 1. The van der Waals surface area contributed by atoms with Crippen LogP contribution in [-0.2, 0) is 16.6 Å². The molecule has 0 saturated carbocycles. The summed E-state index contributed by atoms with van der Waals surface area (Å²) in [6.45, 7) is 4.07. The summed E-state index contributed by atoms with van der Waals surface area (Å²) in [5.74, 6) is 0. The molecule has 1 N–H and O–H groups in total. The van der Waals surface area contributed by atoms with Gasteiger partial charge in [-0.25, -0.2) is 12.7 Å². The lowest BCUT2D eigenvalue weighted by atomic mass is 10.1. The molecular formula is C14H22N2O2S. The molecular weight excluding hydrogens is 260 g/mol. The second kappa shape index (κ2) is 6.03. The van der Waals surface area contributed by atoms with E-state index in [0.717, 1.165) is 18.7 Å². The molecule has 1 fully saturated rings. The largest absolute Gasteiger partial charge is 0.317 e. The number of piperidine rings is 1. The summed E-state index contributed by atoms with van der Waals surface area (Å²) in [5.41, 5.74) is 2.22. The van der Waals surface area contributed by atoms with Crippen molar-refractivity contribution in [2.75, 3.05) is 20.1 Å². The fourth-order valence-electron chi connectivity index (χ4n) is 2.39. The molecule has 1 aliphatic heterocycles. The van der Waals surface area contributed by atoms with E-state index in [1.54, 1.807) is 7.05 Å². The van der Waals surface area contributed by atoms with Crippen molar-refractivity contribution >= 4 is 10.0 Å². The molecule has 1 aromatic rings. The molecule has 0 aromatic heterocycles. The Balaban J connectivity index is 2.05. The second-order valence-electron chi connectivity index (χ2n) is 5.24. The summed E-state index contributed by atoms with van der Waals surface area (Å²) in [6, 6.07) is 8.01. The van der Waals surface area contributed by atoms with Crippen LogP contribution in [0, 0.1) is 6.92 Å². The molecule has 106 valence electrons. The molecule has 1 saturated heterocycles. The Bertz CT molecular complexity index is 505. The fraction of sp³-hybridized carbons (Fsp3) is 0.571. The zero-order valence-corrected chi connectivity index (χ0v) is 12.4. The number of rotatable bonds is 4. The van der Waals surface area contributed by atoms with E-state index in [1.165, 1.54) is 9.87 Å². The van der Waals surface area contributed by atoms with Crippen LogP contribution in [0.4, 0.5) is 0 Å². The Morgan fingerprint density at radius 1 is 1.21 bits per heavy atom. The molecule has 0 bridgehead atoms. The van der Waals surface area contributed by atoms with Crippen molar-refractivity contribution in [3.63, 3.8) is 0 Å². The molecule has 0 spiro atoms. The van der Waals surface area contributed by atoms with Crippen molar-refractivity contribution in [2.24, 2.45) is 0 Å². The van der Waals surface area contributed by atoms with Crippen LogP contribution in [0.1, 0.15) is 24.0 Å². The van der Waals surface area contributed by atoms with E-state index in [1.807, 2.05) is 31.2 Å². The normalized spacial score (nSPS) is 17.8. The maximum absolute atomic E-state index is 12.5. The van der Waals surface area contributed by atoms with Gasteiger partial charge in [-0.05, 0) is 38.4 Å². The molecule has 0 aliphatic carbocycles. The number of sulfonamides is 1. The van der Waals surface area contributed by atoms with Crippen molar-refractivity contribution in [3.8, 4) is 0 Å². The van der Waals surface area contributed by atoms with Gasteiger partial charge in [-0.2, -0.15) is 0 Å². The summed E-state index contributed by atoms with van der Waals surface area (Å²) in [6.07, 6.45) is 1.42. The Morgan fingerprint density at radius 3 is 2.37 bits per heavy atom. The smallest absolute Gasteiger partial charge is 0.217 e. The average molecular weight is 282 g/mol. The van der Waals surface area contributed by atoms with Gasteiger partial charge in [-0.3, -0.25) is 0 Å². The van der Waals surface area contributed by atoms with E-state index in [-0.39, 0.29) is 5.25 Å². The van der Waals surface area contributed by atoms with Crippen LogP contribution in [0.5, 0.6) is 0 Å². The summed E-state index contributed by atoms with van der Waals surface area (Å²) < 4.78 is 26.4. The molecule has 19 heavy (non-hydrogen) atoms. The minimum Gasteiger partial charge on any atom is -0.317 e. The van der Waals surface area contributed by atoms with Crippen LogP contribution >= 0.6 is 0 Å². The van der Waals surface area contributed by atoms with E-state index in [2.05, 4.69) is 5.32 Å². The average Bonchev–Trinajstić information content (AvgIpc) is 2.42. The van der Waals surface area contributed by atoms with Crippen LogP contribution in [-0.4, -0.2) is 38.1 Å². The lowest BCUT2D eigenvalue weighted by molar-refractivity contribution is 0.428. The molecule has 5 heteroatoms. The maximum atomic E-state index is 12.5. The predicted molar refractivity (Wildman–Crippen MR) is 77.5 cm³/mol. The van der Waals surface area contributed by atoms with Gasteiger partial charge < -0.3 is 5.32 Å². The third-order valence-electron chi connectivity index (χ3n) is 3.67. The van der Waals surface area contributed by atoms with Crippen molar-refractivity contribution in [3.05, 3.63) is 35.4 Å². The highest BCUT2D eigenvalue weighted by Crippen LogP contribution is 2.18. The predicted octanol–water partition coefficient (Wildman–Crippen LogP) is 1.51. The lowest BCUT2D eigenvalue weighted by Gasteiger charge is -2.27. The second-order valence-corrected chi connectivity index (χ2v) is 7.56. The van der Waals surface area contributed by atoms with Crippen molar-refractivity contribution < 1.29 is 8.42 Å². The molecule has 4 nitrogen and oxygen atoms in total. The Hall–Kier alpha value is -0.910. The Labute approximate surface area is 115 Å². The Morgan fingerprint density at radius 2 is 1.79 bits per heavy atom. The van der Waals surface area contributed by atoms with E-state index >= 15 is 0 Å². The van der Waals surface area contributed by atoms with Crippen LogP contribution in [0.15, 0.2) is 24.3 Å². The van der Waals surface area contributed by atoms with Crippen LogP contribution in [0.3, 0.4) is 0 Å². The minimum atomic E-state index is -3.18. The maximum Gasteiger partial charge on any atom is 0.217 e. The van der Waals surface area contributed by atoms with Gasteiger partial charge in [-0.15, -0.1) is 0 Å². The monoisotopic (exact) mass is 282 g/mol. The number of hydrogen-bond acceptors (Lipinski definition) is 3. The van der Waals surface area contributed by atoms with Crippen molar-refractivity contribution in [1.82, 2.24) is 9.62 Å². The van der Waals surface area contributed by atoms with Gasteiger partial charge in [0.2, 0.25) is 10.0 Å². The lowest BCUT2D eigenvalue weighted by Crippen LogP contribution is -2.42. The quantitative estimate of drug-likeness (QED) is 0.910. The van der Waals surface area contributed by atoms with Gasteiger partial charge in [0.05, 0.1) is 5.25 Å². The Kier molecular flexibility index (Phi) is 4.60. The van der Waals surface area contributed by atoms with Gasteiger partial charge in [0.1, 0.15) is 0 Å². The van der Waals surface area contributed by atoms with Crippen molar-refractivity contribution in [1.29, 1.82) is 0 Å². The highest BCUT2D eigenvalue weighted by Gasteiger charge is 2.30. The van der Waals surface area contributed by atoms with E-state index < -0.39 is 10.0 Å². The SMILES string of the molecule is Cc1ccc(CN(C)S(=O)(=O)C2CCNCC2)cc1. The first-order chi connectivity index (χ1) is 9.00. The van der Waals surface area contributed by atoms with Crippen LogP contribution < -0.4 is 5.32 Å². The third-order valence-corrected chi connectivity index (χ3v) is 5.98. The van der Waals surface area contributed by atoms with Gasteiger partial charge >= 0.3 is 0 Å². The van der Waals surface area contributed by atoms with E-state index in [0.29, 0.717) is 19.4 Å². The zero-order chi connectivity index (χ0) is 13.9. The third kappa shape index (κ3) is 3.55.